The number of ketones is 1. The summed E-state index contributed by atoms with van der Waals surface area (Å²) in [6.45, 7) is 13.7. The highest BCUT2D eigenvalue weighted by molar-refractivity contribution is 6.18. The van der Waals surface area contributed by atoms with Crippen LogP contribution in [0.1, 0.15) is 99.3 Å². The highest BCUT2D eigenvalue weighted by Gasteiger charge is 2.67. The lowest BCUT2D eigenvalue weighted by Crippen LogP contribution is -2.49. The molecular formula is C29H46O4. The molecule has 0 spiro atoms. The van der Waals surface area contributed by atoms with Crippen LogP contribution in [0.25, 0.3) is 0 Å². The van der Waals surface area contributed by atoms with Gasteiger partial charge in [0.15, 0.2) is 0 Å². The summed E-state index contributed by atoms with van der Waals surface area (Å²) in [7, 11) is 0. The lowest BCUT2D eigenvalue weighted by molar-refractivity contribution is -0.169. The van der Waals surface area contributed by atoms with E-state index in [0.717, 1.165) is 30.6 Å². The predicted molar refractivity (Wildman–Crippen MR) is 130 cm³/mol. The zero-order chi connectivity index (χ0) is 24.2. The van der Waals surface area contributed by atoms with Gasteiger partial charge in [-0.25, -0.2) is 4.79 Å². The van der Waals surface area contributed by atoms with Gasteiger partial charge in [0, 0.05) is 17.4 Å². The lowest BCUT2D eigenvalue weighted by Gasteiger charge is -2.55. The van der Waals surface area contributed by atoms with Gasteiger partial charge in [0.25, 0.3) is 0 Å². The number of ether oxygens (including phenoxy) is 1. The van der Waals surface area contributed by atoms with Crippen molar-refractivity contribution in [3.63, 3.8) is 0 Å². The van der Waals surface area contributed by atoms with E-state index in [9.17, 15) is 14.7 Å². The number of aliphatic hydroxyl groups is 1. The molecule has 8 unspecified atom stereocenters. The number of carbonyl (C=O) groups is 2. The second kappa shape index (κ2) is 8.81. The normalized spacial score (nSPS) is 43.0. The van der Waals surface area contributed by atoms with E-state index in [2.05, 4.69) is 40.7 Å². The molecule has 3 saturated carbocycles. The SMILES string of the molecule is CCOC(=O)C1(O)CC2(C)C(=CCC3C2CCC2(C)C(C(C)CCCC(C)C)CCC32)C1=O. The molecule has 0 aromatic rings. The maximum atomic E-state index is 13.2. The molecule has 0 bridgehead atoms. The third-order valence-electron chi connectivity index (χ3n) is 10.5. The molecule has 0 aliphatic heterocycles. The number of Topliss-reactive ketones (excluding diaryl/α,β-unsaturated/α-hetero) is 1. The maximum Gasteiger partial charge on any atom is 0.346 e. The Balaban J connectivity index is 1.54. The van der Waals surface area contributed by atoms with Gasteiger partial charge >= 0.3 is 5.97 Å². The summed E-state index contributed by atoms with van der Waals surface area (Å²) in [6.07, 6.45) is 12.1. The zero-order valence-corrected chi connectivity index (χ0v) is 21.8. The molecular weight excluding hydrogens is 412 g/mol. The van der Waals surface area contributed by atoms with E-state index in [1.807, 2.05) is 0 Å². The number of hydrogen-bond acceptors (Lipinski definition) is 4. The lowest BCUT2D eigenvalue weighted by atomic mass is 9.49. The van der Waals surface area contributed by atoms with E-state index in [4.69, 9.17) is 4.74 Å². The van der Waals surface area contributed by atoms with Crippen molar-refractivity contribution in [1.82, 2.24) is 0 Å². The van der Waals surface area contributed by atoms with Crippen LogP contribution in [-0.2, 0) is 14.3 Å². The average Bonchev–Trinajstić information content (AvgIpc) is 3.20. The fraction of sp³-hybridized carbons (Fsp3) is 0.862. The van der Waals surface area contributed by atoms with Gasteiger partial charge in [0.1, 0.15) is 0 Å². The van der Waals surface area contributed by atoms with E-state index in [1.165, 1.54) is 38.5 Å². The Morgan fingerprint density at radius 3 is 2.55 bits per heavy atom. The number of esters is 1. The van der Waals surface area contributed by atoms with Gasteiger partial charge in [-0.05, 0) is 80.0 Å². The molecule has 186 valence electrons. The monoisotopic (exact) mass is 458 g/mol. The highest BCUT2D eigenvalue weighted by Crippen LogP contribution is 2.68. The minimum Gasteiger partial charge on any atom is -0.464 e. The molecule has 8 atom stereocenters. The van der Waals surface area contributed by atoms with Crippen LogP contribution >= 0.6 is 0 Å². The third-order valence-corrected chi connectivity index (χ3v) is 10.5. The van der Waals surface area contributed by atoms with E-state index >= 15 is 0 Å². The van der Waals surface area contributed by atoms with Crippen molar-refractivity contribution in [3.05, 3.63) is 11.6 Å². The molecule has 4 aliphatic rings. The Morgan fingerprint density at radius 2 is 1.88 bits per heavy atom. The molecule has 3 fully saturated rings. The maximum absolute atomic E-state index is 13.2. The van der Waals surface area contributed by atoms with Crippen LogP contribution in [0.4, 0.5) is 0 Å². The topological polar surface area (TPSA) is 63.6 Å². The smallest absolute Gasteiger partial charge is 0.346 e. The Hall–Kier alpha value is -1.16. The molecule has 4 aliphatic carbocycles. The first-order valence-corrected chi connectivity index (χ1v) is 13.6. The van der Waals surface area contributed by atoms with Gasteiger partial charge < -0.3 is 9.84 Å². The Bertz CT molecular complexity index is 814. The van der Waals surface area contributed by atoms with Crippen molar-refractivity contribution in [2.45, 2.75) is 105 Å². The number of hydrogen-bond donors (Lipinski definition) is 1. The molecule has 4 rings (SSSR count). The second-order valence-corrected chi connectivity index (χ2v) is 12.8. The van der Waals surface area contributed by atoms with E-state index in [1.54, 1.807) is 6.92 Å². The molecule has 1 N–H and O–H groups in total. The summed E-state index contributed by atoms with van der Waals surface area (Å²) in [5, 5.41) is 11.2. The quantitative estimate of drug-likeness (QED) is 0.369. The van der Waals surface area contributed by atoms with E-state index < -0.39 is 22.8 Å². The molecule has 0 heterocycles. The third kappa shape index (κ3) is 3.83. The first-order valence-electron chi connectivity index (χ1n) is 13.6. The minimum absolute atomic E-state index is 0.174. The van der Waals surface area contributed by atoms with Gasteiger partial charge in [0.2, 0.25) is 11.4 Å². The van der Waals surface area contributed by atoms with Crippen LogP contribution in [0.5, 0.6) is 0 Å². The number of carbonyl (C=O) groups excluding carboxylic acids is 2. The summed E-state index contributed by atoms with van der Waals surface area (Å²) in [4.78, 5) is 25.8. The molecule has 33 heavy (non-hydrogen) atoms. The largest absolute Gasteiger partial charge is 0.464 e. The summed E-state index contributed by atoms with van der Waals surface area (Å²) in [6, 6.07) is 0. The Kier molecular flexibility index (Phi) is 6.66. The van der Waals surface area contributed by atoms with Crippen LogP contribution in [0, 0.1) is 46.3 Å². The predicted octanol–water partition coefficient (Wildman–Crippen LogP) is 6.11. The van der Waals surface area contributed by atoms with Crippen LogP contribution in [0.15, 0.2) is 11.6 Å². The average molecular weight is 459 g/mol. The first-order chi connectivity index (χ1) is 15.5. The van der Waals surface area contributed by atoms with Crippen LogP contribution in [-0.4, -0.2) is 29.1 Å². The van der Waals surface area contributed by atoms with E-state index in [0.29, 0.717) is 28.7 Å². The highest BCUT2D eigenvalue weighted by atomic mass is 16.5. The van der Waals surface area contributed by atoms with Crippen LogP contribution < -0.4 is 0 Å². The minimum atomic E-state index is -2.00. The summed E-state index contributed by atoms with van der Waals surface area (Å²) in [5.74, 6) is 2.75. The Labute approximate surface area is 200 Å². The van der Waals surface area contributed by atoms with Crippen molar-refractivity contribution in [2.75, 3.05) is 6.61 Å². The molecule has 0 amide bonds. The fourth-order valence-electron chi connectivity index (χ4n) is 8.95. The number of fused-ring (bicyclic) bond motifs is 5. The summed E-state index contributed by atoms with van der Waals surface area (Å²) in [5.41, 5.74) is -1.36. The number of allylic oxidation sites excluding steroid dienone is 1. The Morgan fingerprint density at radius 1 is 1.15 bits per heavy atom. The zero-order valence-electron chi connectivity index (χ0n) is 21.8. The molecule has 0 saturated heterocycles. The van der Waals surface area contributed by atoms with Crippen LogP contribution in [0.2, 0.25) is 0 Å². The van der Waals surface area contributed by atoms with Gasteiger partial charge in [-0.1, -0.05) is 60.0 Å². The van der Waals surface area contributed by atoms with Crippen molar-refractivity contribution in [3.8, 4) is 0 Å². The van der Waals surface area contributed by atoms with Crippen molar-refractivity contribution >= 4 is 11.8 Å². The standard InChI is InChI=1S/C29H46O4/c1-7-33-26(31)29(32)17-28(6)23-15-16-27(5)21(19(4)10-8-9-18(2)3)13-14-22(27)20(23)11-12-24(28)25(29)30/h12,18-23,32H,7-11,13-17H2,1-6H3. The van der Waals surface area contributed by atoms with E-state index in [-0.39, 0.29) is 13.0 Å². The summed E-state index contributed by atoms with van der Waals surface area (Å²) < 4.78 is 5.12. The number of rotatable bonds is 7. The molecule has 4 nitrogen and oxygen atoms in total. The van der Waals surface area contributed by atoms with Gasteiger partial charge in [-0.2, -0.15) is 0 Å². The fourth-order valence-corrected chi connectivity index (χ4v) is 8.95. The molecule has 0 aromatic carbocycles. The van der Waals surface area contributed by atoms with Crippen LogP contribution in [0.3, 0.4) is 0 Å². The summed E-state index contributed by atoms with van der Waals surface area (Å²) >= 11 is 0. The van der Waals surface area contributed by atoms with Crippen molar-refractivity contribution in [2.24, 2.45) is 46.3 Å². The van der Waals surface area contributed by atoms with Crippen molar-refractivity contribution in [1.29, 1.82) is 0 Å². The van der Waals surface area contributed by atoms with Gasteiger partial charge in [-0.3, -0.25) is 4.79 Å². The second-order valence-electron chi connectivity index (χ2n) is 12.8. The van der Waals surface area contributed by atoms with Gasteiger partial charge in [-0.15, -0.1) is 0 Å². The first kappa shape index (κ1) is 24.9. The van der Waals surface area contributed by atoms with Crippen molar-refractivity contribution < 1.29 is 19.4 Å². The molecule has 4 heteroatoms. The molecule has 0 radical (unpaired) electrons. The van der Waals surface area contributed by atoms with Gasteiger partial charge in [0.05, 0.1) is 6.61 Å². The molecule has 0 aromatic heterocycles.